The van der Waals surface area contributed by atoms with Crippen LogP contribution in [0.25, 0.3) is 0 Å². The second-order valence-corrected chi connectivity index (χ2v) is 1.79. The zero-order chi connectivity index (χ0) is 7.56. The first kappa shape index (κ1) is 6.66. The van der Waals surface area contributed by atoms with E-state index in [-0.39, 0.29) is 12.2 Å². The lowest BCUT2D eigenvalue weighted by Gasteiger charge is -1.84. The van der Waals surface area contributed by atoms with E-state index in [1.54, 1.807) is 6.92 Å². The molecule has 1 aromatic heterocycles. The van der Waals surface area contributed by atoms with Gasteiger partial charge in [0.05, 0.1) is 0 Å². The molecule has 0 bridgehead atoms. The topological polar surface area (TPSA) is 82.1 Å². The minimum Gasteiger partial charge on any atom is -0.264 e. The molecule has 0 saturated heterocycles. The Bertz CT molecular complexity index is 244. The first-order chi connectivity index (χ1) is 4.70. The lowest BCUT2D eigenvalue weighted by atomic mass is 10.3. The fourth-order valence-corrected chi connectivity index (χ4v) is 0.515. The fourth-order valence-electron chi connectivity index (χ4n) is 0.515. The monoisotopic (exact) mass is 143 g/mol. The number of hydrogen-bond donors (Lipinski definition) is 0. The second kappa shape index (κ2) is 2.42. The minimum atomic E-state index is -0.480. The third kappa shape index (κ3) is 1.28. The zero-order valence-corrected chi connectivity index (χ0v) is 5.27. The molecule has 0 radical (unpaired) electrons. The zero-order valence-electron chi connectivity index (χ0n) is 5.27. The van der Waals surface area contributed by atoms with Gasteiger partial charge in [-0.1, -0.05) is 5.16 Å². The van der Waals surface area contributed by atoms with Gasteiger partial charge < -0.3 is 0 Å². The van der Waals surface area contributed by atoms with Crippen LogP contribution in [0.4, 0.5) is 0 Å². The van der Waals surface area contributed by atoms with Crippen LogP contribution in [0, 0.1) is 17.0 Å². The Labute approximate surface area is 56.0 Å². The normalized spacial score (nSPS) is 9.70. The van der Waals surface area contributed by atoms with Crippen molar-refractivity contribution in [2.75, 3.05) is 0 Å². The van der Waals surface area contributed by atoms with E-state index in [2.05, 4.69) is 14.9 Å². The maximum Gasteiger partial charge on any atom is 0.250 e. The van der Waals surface area contributed by atoms with E-state index in [0.717, 1.165) is 0 Å². The third-order valence-corrected chi connectivity index (χ3v) is 1.03. The largest absolute Gasteiger partial charge is 0.264 e. The summed E-state index contributed by atoms with van der Waals surface area (Å²) < 4.78 is 4.24. The number of nitro groups is 1. The molecule has 6 nitrogen and oxygen atoms in total. The van der Waals surface area contributed by atoms with Crippen LogP contribution < -0.4 is 0 Å². The lowest BCUT2D eigenvalue weighted by Crippen LogP contribution is -1.99. The molecule has 1 rings (SSSR count). The van der Waals surface area contributed by atoms with Crippen molar-refractivity contribution in [3.63, 3.8) is 0 Å². The molecule has 0 atom stereocenters. The van der Waals surface area contributed by atoms with Gasteiger partial charge in [0, 0.05) is 4.92 Å². The summed E-state index contributed by atoms with van der Waals surface area (Å²) in [4.78, 5) is 9.44. The van der Waals surface area contributed by atoms with Gasteiger partial charge in [-0.2, -0.15) is 0 Å². The summed E-state index contributed by atoms with van der Waals surface area (Å²) in [5.41, 5.74) is 0.752. The van der Waals surface area contributed by atoms with Crippen molar-refractivity contribution in [1.82, 2.24) is 10.3 Å². The number of hydrogen-bond acceptors (Lipinski definition) is 5. The summed E-state index contributed by atoms with van der Waals surface area (Å²) >= 11 is 0. The average Bonchev–Trinajstić information content (AvgIpc) is 2.15. The van der Waals surface area contributed by atoms with E-state index >= 15 is 0 Å². The van der Waals surface area contributed by atoms with Crippen LogP contribution >= 0.6 is 0 Å². The summed E-state index contributed by atoms with van der Waals surface area (Å²) in [6.45, 7) is 1.28. The third-order valence-electron chi connectivity index (χ3n) is 1.03. The molecule has 0 N–H and O–H groups in total. The predicted molar refractivity (Wildman–Crippen MR) is 29.7 cm³/mol. The molecule has 0 aliphatic rings. The highest BCUT2D eigenvalue weighted by molar-refractivity contribution is 5.02. The van der Waals surface area contributed by atoms with Crippen LogP contribution in [-0.2, 0) is 6.54 Å². The number of nitrogens with zero attached hydrogens (tertiary/aromatic N) is 3. The Morgan fingerprint density at radius 1 is 1.70 bits per heavy atom. The second-order valence-electron chi connectivity index (χ2n) is 1.79. The molecule has 54 valence electrons. The molecular weight excluding hydrogens is 138 g/mol. The van der Waals surface area contributed by atoms with Crippen molar-refractivity contribution in [1.29, 1.82) is 0 Å². The Morgan fingerprint density at radius 2 is 2.40 bits per heavy atom. The van der Waals surface area contributed by atoms with Gasteiger partial charge in [-0.15, -0.1) is 0 Å². The van der Waals surface area contributed by atoms with Gasteiger partial charge in [0.2, 0.25) is 0 Å². The molecule has 0 aromatic carbocycles. The fraction of sp³-hybridized carbons (Fsp3) is 0.500. The maximum atomic E-state index is 9.91. The first-order valence-corrected chi connectivity index (χ1v) is 2.60. The predicted octanol–water partition coefficient (Wildman–Crippen LogP) is 0.155. The van der Waals surface area contributed by atoms with Crippen LogP contribution in [-0.4, -0.2) is 15.2 Å². The lowest BCUT2D eigenvalue weighted by molar-refractivity contribution is -0.497. The van der Waals surface area contributed by atoms with Crippen LogP contribution in [0.15, 0.2) is 4.63 Å². The van der Waals surface area contributed by atoms with Gasteiger partial charge in [-0.25, -0.2) is 4.63 Å². The highest BCUT2D eigenvalue weighted by Gasteiger charge is 2.10. The smallest absolute Gasteiger partial charge is 0.250 e. The highest BCUT2D eigenvalue weighted by atomic mass is 16.6. The van der Waals surface area contributed by atoms with Crippen molar-refractivity contribution >= 4 is 0 Å². The molecule has 0 amide bonds. The Hall–Kier alpha value is -1.46. The molecule has 1 heterocycles. The quantitative estimate of drug-likeness (QED) is 0.434. The van der Waals surface area contributed by atoms with Crippen LogP contribution in [0.1, 0.15) is 11.4 Å². The molecule has 6 heteroatoms. The van der Waals surface area contributed by atoms with Crippen LogP contribution in [0.5, 0.6) is 0 Å². The summed E-state index contributed by atoms with van der Waals surface area (Å²) in [6, 6.07) is 0. The van der Waals surface area contributed by atoms with Gasteiger partial charge in [-0.3, -0.25) is 10.1 Å². The summed E-state index contributed by atoms with van der Waals surface area (Å²) in [7, 11) is 0. The van der Waals surface area contributed by atoms with Crippen molar-refractivity contribution in [2.45, 2.75) is 13.5 Å². The highest BCUT2D eigenvalue weighted by Crippen LogP contribution is 2.00. The maximum absolute atomic E-state index is 9.91. The summed E-state index contributed by atoms with van der Waals surface area (Å²) in [5, 5.41) is 16.6. The molecule has 0 unspecified atom stereocenters. The average molecular weight is 143 g/mol. The molecule has 0 saturated carbocycles. The standard InChI is InChI=1S/C4H5N3O3/c1-3-4(2-7(8)9)6-10-5-3/h2H2,1H3. The van der Waals surface area contributed by atoms with Crippen molar-refractivity contribution in [3.8, 4) is 0 Å². The molecule has 0 aliphatic heterocycles. The van der Waals surface area contributed by atoms with Crippen molar-refractivity contribution < 1.29 is 9.55 Å². The Kier molecular flexibility index (Phi) is 1.61. The van der Waals surface area contributed by atoms with E-state index in [1.807, 2.05) is 0 Å². The van der Waals surface area contributed by atoms with Gasteiger partial charge in [0.25, 0.3) is 6.54 Å². The van der Waals surface area contributed by atoms with E-state index < -0.39 is 4.92 Å². The Morgan fingerprint density at radius 3 is 2.80 bits per heavy atom. The van der Waals surface area contributed by atoms with Crippen molar-refractivity contribution in [3.05, 3.63) is 21.5 Å². The van der Waals surface area contributed by atoms with Gasteiger partial charge in [-0.05, 0) is 12.1 Å². The van der Waals surface area contributed by atoms with Crippen LogP contribution in [0.3, 0.4) is 0 Å². The Balaban J connectivity index is 2.74. The minimum absolute atomic E-state index is 0.282. The molecule has 0 fully saturated rings. The molecule has 1 aromatic rings. The van der Waals surface area contributed by atoms with E-state index in [4.69, 9.17) is 0 Å². The number of aryl methyl sites for hydroxylation is 1. The van der Waals surface area contributed by atoms with Gasteiger partial charge >= 0.3 is 0 Å². The van der Waals surface area contributed by atoms with E-state index in [1.165, 1.54) is 0 Å². The summed E-state index contributed by atoms with van der Waals surface area (Å²) in [6.07, 6.45) is 0. The van der Waals surface area contributed by atoms with Gasteiger partial charge in [0.15, 0.2) is 5.69 Å². The molecule has 10 heavy (non-hydrogen) atoms. The first-order valence-electron chi connectivity index (χ1n) is 2.60. The molecule has 0 spiro atoms. The number of rotatable bonds is 2. The number of aromatic nitrogens is 2. The van der Waals surface area contributed by atoms with E-state index in [9.17, 15) is 10.1 Å². The molecular formula is C4H5N3O3. The summed E-state index contributed by atoms with van der Waals surface area (Å²) in [5.74, 6) is 0. The van der Waals surface area contributed by atoms with E-state index in [0.29, 0.717) is 5.69 Å². The molecule has 0 aliphatic carbocycles. The van der Waals surface area contributed by atoms with Crippen LogP contribution in [0.2, 0.25) is 0 Å². The van der Waals surface area contributed by atoms with Gasteiger partial charge in [0.1, 0.15) is 5.69 Å². The SMILES string of the molecule is Cc1nonc1C[N+](=O)[O-]. The van der Waals surface area contributed by atoms with Crippen molar-refractivity contribution in [2.24, 2.45) is 0 Å².